The first-order chi connectivity index (χ1) is 10.2. The van der Waals surface area contributed by atoms with Gasteiger partial charge in [-0.1, -0.05) is 57.5 Å². The van der Waals surface area contributed by atoms with Crippen molar-refractivity contribution >= 4 is 21.9 Å². The molecule has 0 amide bonds. The van der Waals surface area contributed by atoms with Gasteiger partial charge in [0.2, 0.25) is 0 Å². The monoisotopic (exact) mass is 345 g/mol. The minimum Gasteiger partial charge on any atom is -0.457 e. The number of nitrogens with zero attached hydrogens (tertiary/aromatic N) is 1. The van der Waals surface area contributed by atoms with Gasteiger partial charge in [0.25, 0.3) is 0 Å². The summed E-state index contributed by atoms with van der Waals surface area (Å²) in [6, 6.07) is 9.52. The number of carbonyl (C=O) groups excluding carboxylic acids is 1. The smallest absolute Gasteiger partial charge is 0.317 e. The van der Waals surface area contributed by atoms with Crippen LogP contribution in [0, 0.1) is 5.92 Å². The van der Waals surface area contributed by atoms with Gasteiger partial charge in [-0.2, -0.15) is 0 Å². The summed E-state index contributed by atoms with van der Waals surface area (Å²) in [4.78, 5) is 11.7. The molecule has 0 saturated carbocycles. The Balaban J connectivity index is 1.64. The zero-order valence-corrected chi connectivity index (χ0v) is 12.6. The molecule has 1 aromatic carbocycles. The van der Waals surface area contributed by atoms with E-state index in [0.717, 1.165) is 10.0 Å². The number of halogens is 1. The van der Waals surface area contributed by atoms with Gasteiger partial charge >= 0.3 is 5.97 Å². The highest BCUT2D eigenvalue weighted by Crippen LogP contribution is 2.23. The van der Waals surface area contributed by atoms with Crippen molar-refractivity contribution in [3.8, 4) is 11.3 Å². The third kappa shape index (κ3) is 3.31. The van der Waals surface area contributed by atoms with Gasteiger partial charge in [0.05, 0.1) is 5.92 Å². The van der Waals surface area contributed by atoms with Crippen molar-refractivity contribution in [1.29, 1.82) is 0 Å². The van der Waals surface area contributed by atoms with E-state index in [4.69, 9.17) is 9.26 Å². The van der Waals surface area contributed by atoms with Crippen LogP contribution in [0.25, 0.3) is 11.3 Å². The lowest BCUT2D eigenvalue weighted by molar-refractivity contribution is -0.147. The van der Waals surface area contributed by atoms with Crippen molar-refractivity contribution < 1.29 is 14.1 Å². The van der Waals surface area contributed by atoms with Crippen molar-refractivity contribution in [3.05, 3.63) is 64.9 Å². The number of hydrogen-bond acceptors (Lipinski definition) is 4. The molecule has 1 heterocycles. The number of hydrogen-bond donors (Lipinski definition) is 0. The van der Waals surface area contributed by atoms with E-state index in [1.165, 1.54) is 0 Å². The van der Waals surface area contributed by atoms with E-state index in [-0.39, 0.29) is 18.5 Å². The molecule has 0 N–H and O–H groups in total. The predicted molar refractivity (Wildman–Crippen MR) is 81.2 cm³/mol. The van der Waals surface area contributed by atoms with E-state index in [1.54, 1.807) is 18.2 Å². The third-order valence-electron chi connectivity index (χ3n) is 3.06. The molecule has 1 aliphatic carbocycles. The molecule has 0 fully saturated rings. The van der Waals surface area contributed by atoms with Crippen LogP contribution in [-0.2, 0) is 16.1 Å². The zero-order valence-electron chi connectivity index (χ0n) is 11.0. The summed E-state index contributed by atoms with van der Waals surface area (Å²) in [7, 11) is 0. The maximum atomic E-state index is 11.7. The second-order valence-corrected chi connectivity index (χ2v) is 5.51. The molecule has 0 saturated heterocycles. The van der Waals surface area contributed by atoms with Gasteiger partial charge in [-0.3, -0.25) is 4.79 Å². The molecule has 1 aromatic heterocycles. The normalized spacial score (nSPS) is 13.8. The van der Waals surface area contributed by atoms with E-state index in [0.29, 0.717) is 11.5 Å². The van der Waals surface area contributed by atoms with Crippen LogP contribution in [0.2, 0.25) is 0 Å². The molecule has 0 spiro atoms. The molecule has 4 nitrogen and oxygen atoms in total. The van der Waals surface area contributed by atoms with Gasteiger partial charge in [0, 0.05) is 16.1 Å². The lowest BCUT2D eigenvalue weighted by atomic mass is 10.1. The highest BCUT2D eigenvalue weighted by atomic mass is 79.9. The predicted octanol–water partition coefficient (Wildman–Crippen LogP) is 3.89. The number of ether oxygens (including phenoxy) is 1. The number of aromatic nitrogens is 1. The Morgan fingerprint density at radius 1 is 1.29 bits per heavy atom. The number of carbonyl (C=O) groups is 1. The van der Waals surface area contributed by atoms with Crippen LogP contribution >= 0.6 is 15.9 Å². The average Bonchev–Trinajstić information content (AvgIpc) is 3.16. The highest BCUT2D eigenvalue weighted by Gasteiger charge is 2.17. The summed E-state index contributed by atoms with van der Waals surface area (Å²) >= 11 is 3.41. The van der Waals surface area contributed by atoms with E-state index in [9.17, 15) is 4.79 Å². The fourth-order valence-corrected chi connectivity index (χ4v) is 2.39. The molecule has 0 bridgehead atoms. The van der Waals surface area contributed by atoms with E-state index in [2.05, 4.69) is 21.1 Å². The Kier molecular flexibility index (Phi) is 4.01. The van der Waals surface area contributed by atoms with E-state index in [1.807, 2.05) is 36.4 Å². The van der Waals surface area contributed by atoms with Crippen LogP contribution < -0.4 is 0 Å². The van der Waals surface area contributed by atoms with Gasteiger partial charge in [-0.05, 0) is 12.1 Å². The molecule has 0 unspecified atom stereocenters. The lowest BCUT2D eigenvalue weighted by Gasteiger charge is -2.04. The summed E-state index contributed by atoms with van der Waals surface area (Å²) in [5.41, 5.74) is 1.65. The summed E-state index contributed by atoms with van der Waals surface area (Å²) in [5, 5.41) is 3.99. The topological polar surface area (TPSA) is 52.3 Å². The van der Waals surface area contributed by atoms with Gasteiger partial charge < -0.3 is 9.26 Å². The Morgan fingerprint density at radius 2 is 2.10 bits per heavy atom. The second-order valence-electron chi connectivity index (χ2n) is 4.59. The average molecular weight is 346 g/mol. The second kappa shape index (κ2) is 6.10. The number of allylic oxidation sites excluding steroid dienone is 2. The molecule has 0 aliphatic heterocycles. The zero-order chi connectivity index (χ0) is 14.7. The van der Waals surface area contributed by atoms with Crippen LogP contribution in [-0.4, -0.2) is 11.1 Å². The van der Waals surface area contributed by atoms with Crippen molar-refractivity contribution in [2.45, 2.75) is 6.61 Å². The maximum Gasteiger partial charge on any atom is 0.317 e. The molecular weight excluding hydrogens is 334 g/mol. The van der Waals surface area contributed by atoms with Crippen molar-refractivity contribution in [2.24, 2.45) is 5.92 Å². The Labute approximate surface area is 130 Å². The first-order valence-corrected chi connectivity index (χ1v) is 7.25. The Bertz CT molecular complexity index is 706. The standard InChI is InChI=1S/C16H12BrNO3/c17-13-7-3-6-12(8-13)15-9-14(21-18-15)10-20-16(19)11-4-1-2-5-11/h1-9,11H,10H2. The molecular formula is C16H12BrNO3. The highest BCUT2D eigenvalue weighted by molar-refractivity contribution is 9.10. The van der Waals surface area contributed by atoms with Gasteiger partial charge in [-0.25, -0.2) is 0 Å². The van der Waals surface area contributed by atoms with Gasteiger partial charge in [0.1, 0.15) is 5.69 Å². The van der Waals surface area contributed by atoms with Crippen LogP contribution in [0.15, 0.2) is 63.6 Å². The third-order valence-corrected chi connectivity index (χ3v) is 3.55. The molecule has 0 radical (unpaired) electrons. The van der Waals surface area contributed by atoms with Crippen molar-refractivity contribution in [2.75, 3.05) is 0 Å². The van der Waals surface area contributed by atoms with Crippen LogP contribution in [0.4, 0.5) is 0 Å². The minimum absolute atomic E-state index is 0.0814. The van der Waals surface area contributed by atoms with E-state index < -0.39 is 0 Å². The Morgan fingerprint density at radius 3 is 2.86 bits per heavy atom. The van der Waals surface area contributed by atoms with Gasteiger partial charge in [-0.15, -0.1) is 0 Å². The molecule has 5 heteroatoms. The summed E-state index contributed by atoms with van der Waals surface area (Å²) in [6.45, 7) is 0.0814. The molecule has 3 rings (SSSR count). The van der Waals surface area contributed by atoms with Gasteiger partial charge in [0.15, 0.2) is 12.4 Å². The van der Waals surface area contributed by atoms with Crippen LogP contribution in [0.1, 0.15) is 5.76 Å². The molecule has 0 atom stereocenters. The number of benzene rings is 1. The Hall–Kier alpha value is -2.14. The SMILES string of the molecule is O=C(OCc1cc(-c2cccc(Br)c2)no1)C1C=CC=C1. The number of rotatable bonds is 4. The van der Waals surface area contributed by atoms with Crippen molar-refractivity contribution in [3.63, 3.8) is 0 Å². The van der Waals surface area contributed by atoms with E-state index >= 15 is 0 Å². The largest absolute Gasteiger partial charge is 0.457 e. The quantitative estimate of drug-likeness (QED) is 0.788. The van der Waals surface area contributed by atoms with Crippen LogP contribution in [0.3, 0.4) is 0 Å². The minimum atomic E-state index is -0.294. The summed E-state index contributed by atoms with van der Waals surface area (Å²) in [5.74, 6) is -0.0674. The maximum absolute atomic E-state index is 11.7. The fraction of sp³-hybridized carbons (Fsp3) is 0.125. The molecule has 106 valence electrons. The summed E-state index contributed by atoms with van der Waals surface area (Å²) in [6.07, 6.45) is 7.22. The molecule has 21 heavy (non-hydrogen) atoms. The summed E-state index contributed by atoms with van der Waals surface area (Å²) < 4.78 is 11.4. The van der Waals surface area contributed by atoms with Crippen LogP contribution in [0.5, 0.6) is 0 Å². The lowest BCUT2D eigenvalue weighted by Crippen LogP contribution is -2.12. The first kappa shape index (κ1) is 13.8. The molecule has 2 aromatic rings. The van der Waals surface area contributed by atoms with Crippen molar-refractivity contribution in [1.82, 2.24) is 5.16 Å². The fourth-order valence-electron chi connectivity index (χ4n) is 1.99. The molecule has 1 aliphatic rings. The first-order valence-electron chi connectivity index (χ1n) is 6.45. The number of esters is 1.